The molecule has 0 aliphatic carbocycles. The Hall–Kier alpha value is -0.730. The van der Waals surface area contributed by atoms with E-state index in [1.165, 1.54) is 15.7 Å². The number of benzene rings is 2. The van der Waals surface area contributed by atoms with E-state index in [2.05, 4.69) is 64.5 Å². The van der Waals surface area contributed by atoms with Gasteiger partial charge in [-0.2, -0.15) is 0 Å². The largest absolute Gasteiger partial charge is 0.122 e. The van der Waals surface area contributed by atoms with Crippen molar-refractivity contribution in [2.24, 2.45) is 0 Å². The Kier molecular flexibility index (Phi) is 3.87. The van der Waals surface area contributed by atoms with Crippen LogP contribution in [0.1, 0.15) is 0 Å². The number of thioether (sulfide) groups is 1. The molecular formula is C13H11BrS. The molecular weight excluding hydrogens is 268 g/mol. The van der Waals surface area contributed by atoms with Gasteiger partial charge in [-0.25, -0.2) is 0 Å². The van der Waals surface area contributed by atoms with E-state index in [0.717, 1.165) is 5.75 Å². The number of rotatable bonds is 3. The van der Waals surface area contributed by atoms with Crippen molar-refractivity contribution in [3.8, 4) is 0 Å². The molecule has 0 nitrogen and oxygen atoms in total. The van der Waals surface area contributed by atoms with Gasteiger partial charge >= 0.3 is 0 Å². The van der Waals surface area contributed by atoms with Gasteiger partial charge in [0.15, 0.2) is 0 Å². The predicted molar refractivity (Wildman–Crippen MR) is 72.7 cm³/mol. The Morgan fingerprint density at radius 1 is 1.07 bits per heavy atom. The molecule has 0 atom stereocenters. The van der Waals surface area contributed by atoms with Gasteiger partial charge in [0.05, 0.1) is 0 Å². The Morgan fingerprint density at radius 2 is 1.87 bits per heavy atom. The normalized spacial score (nSPS) is 11.3. The third-order valence-electron chi connectivity index (χ3n) is 2.16. The molecule has 0 saturated carbocycles. The van der Waals surface area contributed by atoms with Crippen LogP contribution in [0.2, 0.25) is 0 Å². The quantitative estimate of drug-likeness (QED) is 0.724. The van der Waals surface area contributed by atoms with Gasteiger partial charge < -0.3 is 0 Å². The summed E-state index contributed by atoms with van der Waals surface area (Å²) >= 11 is 5.11. The highest BCUT2D eigenvalue weighted by Gasteiger charge is 1.95. The van der Waals surface area contributed by atoms with Crippen LogP contribution in [0, 0.1) is 0 Å². The SMILES string of the molecule is Br/C=C/CSc1ccc2ccccc2c1. The predicted octanol–water partition coefficient (Wildman–Crippen LogP) is 4.84. The summed E-state index contributed by atoms with van der Waals surface area (Å²) in [6.45, 7) is 0. The third-order valence-corrected chi connectivity index (χ3v) is 3.48. The zero-order chi connectivity index (χ0) is 10.5. The van der Waals surface area contributed by atoms with Crippen molar-refractivity contribution in [2.45, 2.75) is 4.90 Å². The maximum atomic E-state index is 3.27. The molecule has 2 heteroatoms. The first-order valence-corrected chi connectivity index (χ1v) is 6.67. The van der Waals surface area contributed by atoms with Crippen molar-refractivity contribution in [1.29, 1.82) is 0 Å². The second-order valence-electron chi connectivity index (χ2n) is 3.18. The van der Waals surface area contributed by atoms with E-state index in [0.29, 0.717) is 0 Å². The molecule has 76 valence electrons. The molecule has 0 radical (unpaired) electrons. The fourth-order valence-electron chi connectivity index (χ4n) is 1.44. The monoisotopic (exact) mass is 278 g/mol. The summed E-state index contributed by atoms with van der Waals surface area (Å²) in [7, 11) is 0. The minimum atomic E-state index is 1.00. The first-order chi connectivity index (χ1) is 7.40. The van der Waals surface area contributed by atoms with Crippen LogP contribution in [0.15, 0.2) is 58.4 Å². The summed E-state index contributed by atoms with van der Waals surface area (Å²) in [6.07, 6.45) is 2.10. The Labute approximate surface area is 103 Å². The van der Waals surface area contributed by atoms with E-state index >= 15 is 0 Å². The average molecular weight is 279 g/mol. The average Bonchev–Trinajstić information content (AvgIpc) is 2.29. The van der Waals surface area contributed by atoms with Gasteiger partial charge in [0.2, 0.25) is 0 Å². The summed E-state index contributed by atoms with van der Waals surface area (Å²) in [5, 5.41) is 2.61. The van der Waals surface area contributed by atoms with Crippen LogP contribution in [0.3, 0.4) is 0 Å². The first kappa shape index (κ1) is 10.8. The lowest BCUT2D eigenvalue weighted by Gasteiger charge is -2.01. The van der Waals surface area contributed by atoms with Crippen LogP contribution >= 0.6 is 27.7 Å². The highest BCUT2D eigenvalue weighted by molar-refractivity contribution is 9.11. The fourth-order valence-corrected chi connectivity index (χ4v) is 2.63. The molecule has 0 unspecified atom stereocenters. The molecule has 0 aromatic heterocycles. The van der Waals surface area contributed by atoms with Gasteiger partial charge in [-0.1, -0.05) is 52.3 Å². The fraction of sp³-hybridized carbons (Fsp3) is 0.0769. The second kappa shape index (κ2) is 5.38. The zero-order valence-electron chi connectivity index (χ0n) is 8.19. The van der Waals surface area contributed by atoms with Crippen molar-refractivity contribution in [3.05, 3.63) is 53.5 Å². The maximum absolute atomic E-state index is 3.27. The number of fused-ring (bicyclic) bond motifs is 1. The highest BCUT2D eigenvalue weighted by atomic mass is 79.9. The van der Waals surface area contributed by atoms with Crippen LogP contribution in [0.4, 0.5) is 0 Å². The molecule has 0 fully saturated rings. The summed E-state index contributed by atoms with van der Waals surface area (Å²) in [4.78, 5) is 3.22. The molecule has 0 spiro atoms. The molecule has 2 rings (SSSR count). The number of hydrogen-bond donors (Lipinski definition) is 0. The van der Waals surface area contributed by atoms with Crippen LogP contribution in [0.5, 0.6) is 0 Å². The van der Waals surface area contributed by atoms with Crippen LogP contribution in [-0.4, -0.2) is 5.75 Å². The van der Waals surface area contributed by atoms with E-state index in [9.17, 15) is 0 Å². The maximum Gasteiger partial charge on any atom is 0.0168 e. The van der Waals surface area contributed by atoms with Gasteiger partial charge in [0.25, 0.3) is 0 Å². The zero-order valence-corrected chi connectivity index (χ0v) is 10.6. The molecule has 0 N–H and O–H groups in total. The standard InChI is InChI=1S/C13H11BrS/c14-8-3-9-15-13-7-6-11-4-1-2-5-12(11)10-13/h1-8,10H,9H2/b8-3+. The van der Waals surface area contributed by atoms with E-state index in [1.54, 1.807) is 0 Å². The summed E-state index contributed by atoms with van der Waals surface area (Å²) in [6, 6.07) is 15.0. The van der Waals surface area contributed by atoms with E-state index < -0.39 is 0 Å². The molecule has 0 amide bonds. The molecule has 15 heavy (non-hydrogen) atoms. The Bertz CT molecular complexity index is 477. The topological polar surface area (TPSA) is 0 Å². The van der Waals surface area contributed by atoms with Gasteiger partial charge in [0.1, 0.15) is 0 Å². The summed E-state index contributed by atoms with van der Waals surface area (Å²) in [5.74, 6) is 1.00. The second-order valence-corrected chi connectivity index (χ2v) is 4.80. The van der Waals surface area contributed by atoms with Crippen LogP contribution in [-0.2, 0) is 0 Å². The van der Waals surface area contributed by atoms with Gasteiger partial charge in [-0.05, 0) is 27.9 Å². The lowest BCUT2D eigenvalue weighted by molar-refractivity contribution is 1.50. The third kappa shape index (κ3) is 2.86. The van der Waals surface area contributed by atoms with E-state index in [-0.39, 0.29) is 0 Å². The van der Waals surface area contributed by atoms with Gasteiger partial charge in [0, 0.05) is 10.6 Å². The molecule has 2 aromatic carbocycles. The van der Waals surface area contributed by atoms with E-state index in [1.807, 2.05) is 16.7 Å². The lowest BCUT2D eigenvalue weighted by atomic mass is 10.1. The molecule has 2 aromatic rings. The lowest BCUT2D eigenvalue weighted by Crippen LogP contribution is -1.76. The Morgan fingerprint density at radius 3 is 2.67 bits per heavy atom. The molecule has 0 aliphatic heterocycles. The molecule has 0 heterocycles. The summed E-state index contributed by atoms with van der Waals surface area (Å²) < 4.78 is 0. The first-order valence-electron chi connectivity index (χ1n) is 4.77. The van der Waals surface area contributed by atoms with Crippen molar-refractivity contribution in [3.63, 3.8) is 0 Å². The van der Waals surface area contributed by atoms with Crippen LogP contribution < -0.4 is 0 Å². The molecule has 0 aliphatic rings. The highest BCUT2D eigenvalue weighted by Crippen LogP contribution is 2.23. The van der Waals surface area contributed by atoms with Crippen LogP contribution in [0.25, 0.3) is 10.8 Å². The Balaban J connectivity index is 2.23. The number of halogens is 1. The minimum absolute atomic E-state index is 1.00. The van der Waals surface area contributed by atoms with Crippen molar-refractivity contribution in [1.82, 2.24) is 0 Å². The van der Waals surface area contributed by atoms with Crippen molar-refractivity contribution < 1.29 is 0 Å². The number of hydrogen-bond acceptors (Lipinski definition) is 1. The van der Waals surface area contributed by atoms with Gasteiger partial charge in [-0.15, -0.1) is 11.8 Å². The van der Waals surface area contributed by atoms with E-state index in [4.69, 9.17) is 0 Å². The smallest absolute Gasteiger partial charge is 0.0168 e. The molecule has 0 bridgehead atoms. The minimum Gasteiger partial charge on any atom is -0.122 e. The summed E-state index contributed by atoms with van der Waals surface area (Å²) in [5.41, 5.74) is 0. The van der Waals surface area contributed by atoms with Gasteiger partial charge in [-0.3, -0.25) is 0 Å². The van der Waals surface area contributed by atoms with Crippen molar-refractivity contribution in [2.75, 3.05) is 5.75 Å². The molecule has 0 saturated heterocycles. The van der Waals surface area contributed by atoms with Crippen molar-refractivity contribution >= 4 is 38.5 Å².